The Hall–Kier alpha value is -4.85. The van der Waals surface area contributed by atoms with Gasteiger partial charge in [-0.25, -0.2) is 22.9 Å². The van der Waals surface area contributed by atoms with Crippen molar-refractivity contribution in [2.45, 2.75) is 37.8 Å². The van der Waals surface area contributed by atoms with Crippen LogP contribution >= 0.6 is 11.6 Å². The second-order valence-corrected chi connectivity index (χ2v) is 12.8. The van der Waals surface area contributed by atoms with E-state index in [0.717, 1.165) is 27.8 Å². The van der Waals surface area contributed by atoms with Crippen molar-refractivity contribution in [3.05, 3.63) is 107 Å². The number of carbonyl (C=O) groups is 1. The first-order valence-corrected chi connectivity index (χ1v) is 15.3. The molecule has 0 aliphatic heterocycles. The van der Waals surface area contributed by atoms with E-state index in [1.807, 2.05) is 42.5 Å². The number of nitrogens with one attached hydrogen (secondary N) is 2. The van der Waals surface area contributed by atoms with Crippen molar-refractivity contribution >= 4 is 33.7 Å². The van der Waals surface area contributed by atoms with Crippen LogP contribution in [0.1, 0.15) is 31.9 Å². The van der Waals surface area contributed by atoms with Gasteiger partial charge < -0.3 is 9.47 Å². The Bertz CT molecular complexity index is 1830. The van der Waals surface area contributed by atoms with E-state index >= 15 is 0 Å². The summed E-state index contributed by atoms with van der Waals surface area (Å²) < 4.78 is 39.3. The standard InChI is InChI=1S/C33H31ClN4O5S/c1-33(2,3)43-32(39)37-31(38-44(40,41)28-7-5-6-27(19-28)42-4)36-21-23-10-17-29(24-11-8-22(20-35)9-12-24)30(18-23)25-13-15-26(34)16-14-25/h5-19H,21H2,1-4H3,(H2,36,37,38,39). The highest BCUT2D eigenvalue weighted by Crippen LogP contribution is 2.34. The lowest BCUT2D eigenvalue weighted by Crippen LogP contribution is -2.45. The van der Waals surface area contributed by atoms with Gasteiger partial charge in [-0.05, 0) is 91.1 Å². The molecule has 0 unspecified atom stereocenters. The van der Waals surface area contributed by atoms with E-state index < -0.39 is 21.7 Å². The Kier molecular flexibility index (Phi) is 9.94. The zero-order valence-corrected chi connectivity index (χ0v) is 26.2. The molecule has 0 saturated carbocycles. The minimum absolute atomic E-state index is 0.0139. The Morgan fingerprint density at radius 3 is 2.23 bits per heavy atom. The highest BCUT2D eigenvalue weighted by Gasteiger charge is 2.22. The van der Waals surface area contributed by atoms with E-state index in [1.165, 1.54) is 19.2 Å². The molecule has 4 aromatic carbocycles. The number of halogens is 1. The first-order chi connectivity index (χ1) is 20.9. The summed E-state index contributed by atoms with van der Waals surface area (Å²) in [6.07, 6.45) is -0.873. The highest BCUT2D eigenvalue weighted by atomic mass is 35.5. The van der Waals surface area contributed by atoms with Crippen LogP contribution in [0.5, 0.6) is 5.75 Å². The quantitative estimate of drug-likeness (QED) is 0.168. The monoisotopic (exact) mass is 630 g/mol. The summed E-state index contributed by atoms with van der Waals surface area (Å²) in [5.41, 5.74) is 4.04. The van der Waals surface area contributed by atoms with Gasteiger partial charge in [-0.15, -0.1) is 0 Å². The van der Waals surface area contributed by atoms with E-state index in [-0.39, 0.29) is 17.4 Å². The predicted molar refractivity (Wildman–Crippen MR) is 171 cm³/mol. The van der Waals surface area contributed by atoms with Gasteiger partial charge in [0.15, 0.2) is 0 Å². The molecule has 0 radical (unpaired) electrons. The molecular formula is C33H31ClN4O5S. The average Bonchev–Trinajstić information content (AvgIpc) is 2.99. The number of aliphatic imine (C=N–C) groups is 1. The largest absolute Gasteiger partial charge is 0.497 e. The molecule has 0 bridgehead atoms. The number of nitrogens with zero attached hydrogens (tertiary/aromatic N) is 2. The Balaban J connectivity index is 1.71. The second kappa shape index (κ2) is 13.6. The van der Waals surface area contributed by atoms with Crippen LogP contribution in [-0.4, -0.2) is 33.2 Å². The average molecular weight is 631 g/mol. The van der Waals surface area contributed by atoms with Crippen molar-refractivity contribution in [2.75, 3.05) is 7.11 Å². The van der Waals surface area contributed by atoms with Gasteiger partial charge in [0, 0.05) is 11.1 Å². The van der Waals surface area contributed by atoms with Crippen molar-refractivity contribution in [3.63, 3.8) is 0 Å². The molecule has 226 valence electrons. The zero-order valence-electron chi connectivity index (χ0n) is 24.6. The fourth-order valence-electron chi connectivity index (χ4n) is 4.16. The maximum Gasteiger partial charge on any atom is 0.414 e. The fourth-order valence-corrected chi connectivity index (χ4v) is 5.30. The predicted octanol–water partition coefficient (Wildman–Crippen LogP) is 6.91. The van der Waals surface area contributed by atoms with E-state index in [0.29, 0.717) is 16.3 Å². The summed E-state index contributed by atoms with van der Waals surface area (Å²) in [6.45, 7) is 5.09. The number of hydrogen-bond donors (Lipinski definition) is 2. The molecule has 2 N–H and O–H groups in total. The lowest BCUT2D eigenvalue weighted by atomic mass is 9.92. The van der Waals surface area contributed by atoms with Crippen molar-refractivity contribution in [1.82, 2.24) is 10.0 Å². The summed E-state index contributed by atoms with van der Waals surface area (Å²) in [5, 5.41) is 12.2. The summed E-state index contributed by atoms with van der Waals surface area (Å²) in [4.78, 5) is 17.0. The first-order valence-electron chi connectivity index (χ1n) is 13.5. The molecule has 0 spiro atoms. The maximum atomic E-state index is 13.2. The van der Waals surface area contributed by atoms with Crippen LogP contribution in [0.2, 0.25) is 5.02 Å². The van der Waals surface area contributed by atoms with Gasteiger partial charge in [0.2, 0.25) is 5.96 Å². The third-order valence-electron chi connectivity index (χ3n) is 6.19. The summed E-state index contributed by atoms with van der Waals surface area (Å²) in [7, 11) is -2.72. The lowest BCUT2D eigenvalue weighted by molar-refractivity contribution is 0.0562. The molecule has 0 fully saturated rings. The molecule has 0 aliphatic carbocycles. The number of rotatable bonds is 7. The van der Waals surface area contributed by atoms with Gasteiger partial charge in [0.05, 0.1) is 30.2 Å². The molecule has 4 rings (SSSR count). The molecule has 44 heavy (non-hydrogen) atoms. The number of benzene rings is 4. The van der Waals surface area contributed by atoms with E-state index in [1.54, 1.807) is 57.2 Å². The third-order valence-corrected chi connectivity index (χ3v) is 7.77. The molecule has 0 aromatic heterocycles. The minimum Gasteiger partial charge on any atom is -0.497 e. The first kappa shape index (κ1) is 32.1. The van der Waals surface area contributed by atoms with E-state index in [2.05, 4.69) is 21.1 Å². The lowest BCUT2D eigenvalue weighted by Gasteiger charge is -2.20. The normalized spacial score (nSPS) is 11.8. The van der Waals surface area contributed by atoms with Crippen molar-refractivity contribution < 1.29 is 22.7 Å². The van der Waals surface area contributed by atoms with E-state index in [9.17, 15) is 18.5 Å². The molecule has 9 nitrogen and oxygen atoms in total. The molecular weight excluding hydrogens is 600 g/mol. The molecule has 4 aromatic rings. The van der Waals surface area contributed by atoms with Crippen molar-refractivity contribution in [3.8, 4) is 34.1 Å². The number of methoxy groups -OCH3 is 1. The SMILES string of the molecule is COc1cccc(S(=O)(=O)NC(=NCc2ccc(-c3ccc(C#N)cc3)c(-c3ccc(Cl)cc3)c2)NC(=O)OC(C)(C)C)c1. The van der Waals surface area contributed by atoms with Crippen molar-refractivity contribution in [2.24, 2.45) is 4.99 Å². The third kappa shape index (κ3) is 8.60. The Morgan fingerprint density at radius 2 is 1.59 bits per heavy atom. The fraction of sp³-hybridized carbons (Fsp3) is 0.182. The van der Waals surface area contributed by atoms with Crippen LogP contribution in [0, 0.1) is 11.3 Å². The van der Waals surface area contributed by atoms with Crippen LogP contribution < -0.4 is 14.8 Å². The second-order valence-electron chi connectivity index (χ2n) is 10.7. The number of amides is 1. The number of guanidine groups is 1. The number of alkyl carbamates (subject to hydrolysis) is 1. The van der Waals surface area contributed by atoms with Gasteiger partial charge in [-0.2, -0.15) is 5.26 Å². The van der Waals surface area contributed by atoms with Gasteiger partial charge in [-0.1, -0.05) is 54.1 Å². The molecule has 0 saturated heterocycles. The Morgan fingerprint density at radius 1 is 0.932 bits per heavy atom. The molecule has 11 heteroatoms. The molecule has 1 amide bonds. The minimum atomic E-state index is -4.16. The molecule has 0 heterocycles. The topological polar surface area (TPSA) is 130 Å². The molecule has 0 aliphatic rings. The van der Waals surface area contributed by atoms with Crippen molar-refractivity contribution in [1.29, 1.82) is 5.26 Å². The summed E-state index contributed by atoms with van der Waals surface area (Å²) >= 11 is 6.14. The molecule has 0 atom stereocenters. The smallest absolute Gasteiger partial charge is 0.414 e. The summed E-state index contributed by atoms with van der Waals surface area (Å²) in [6, 6.07) is 28.4. The zero-order chi connectivity index (χ0) is 31.9. The van der Waals surface area contributed by atoms with E-state index in [4.69, 9.17) is 21.1 Å². The number of hydrogen-bond acceptors (Lipinski definition) is 7. The van der Waals surface area contributed by atoms with Crippen LogP contribution in [0.4, 0.5) is 4.79 Å². The van der Waals surface area contributed by atoms with Gasteiger partial charge >= 0.3 is 6.09 Å². The van der Waals surface area contributed by atoms with Gasteiger partial charge in [0.1, 0.15) is 11.4 Å². The van der Waals surface area contributed by atoms with Crippen LogP contribution in [-0.2, 0) is 21.3 Å². The Labute approximate surface area is 262 Å². The summed E-state index contributed by atoms with van der Waals surface area (Å²) in [5.74, 6) is 0.0369. The highest BCUT2D eigenvalue weighted by molar-refractivity contribution is 7.90. The van der Waals surface area contributed by atoms with Crippen LogP contribution in [0.3, 0.4) is 0 Å². The number of nitriles is 1. The van der Waals surface area contributed by atoms with Gasteiger partial charge in [-0.3, -0.25) is 5.32 Å². The maximum absolute atomic E-state index is 13.2. The van der Waals surface area contributed by atoms with Crippen LogP contribution in [0.25, 0.3) is 22.3 Å². The number of ether oxygens (including phenoxy) is 2. The van der Waals surface area contributed by atoms with Crippen LogP contribution in [0.15, 0.2) is 101 Å². The number of sulfonamides is 1. The number of carbonyl (C=O) groups excluding carboxylic acids is 1. The van der Waals surface area contributed by atoms with Gasteiger partial charge in [0.25, 0.3) is 10.0 Å².